The second-order valence-corrected chi connectivity index (χ2v) is 8.21. The average molecular weight is 456 g/mol. The Morgan fingerprint density at radius 1 is 1.12 bits per heavy atom. The van der Waals surface area contributed by atoms with E-state index in [0.717, 1.165) is 25.9 Å². The number of carbonyl (C=O) groups excluding carboxylic acids is 2. The van der Waals surface area contributed by atoms with Crippen LogP contribution in [0.5, 0.6) is 17.2 Å². The first-order chi connectivity index (χ1) is 16.0. The van der Waals surface area contributed by atoms with Gasteiger partial charge in [0.1, 0.15) is 18.5 Å². The molecule has 2 atom stereocenters. The fourth-order valence-electron chi connectivity index (χ4n) is 4.01. The van der Waals surface area contributed by atoms with Crippen LogP contribution >= 0.6 is 0 Å². The maximum Gasteiger partial charge on any atom is 0.321 e. The quantitative estimate of drug-likeness (QED) is 0.609. The molecule has 2 heterocycles. The molecule has 4 rings (SSSR count). The van der Waals surface area contributed by atoms with Gasteiger partial charge in [-0.05, 0) is 49.2 Å². The van der Waals surface area contributed by atoms with Crippen molar-refractivity contribution in [3.63, 3.8) is 0 Å². The van der Waals surface area contributed by atoms with Crippen LogP contribution in [0.1, 0.15) is 23.2 Å². The maximum atomic E-state index is 12.2. The van der Waals surface area contributed by atoms with Crippen LogP contribution in [0.2, 0.25) is 0 Å². The van der Waals surface area contributed by atoms with Crippen molar-refractivity contribution in [1.82, 2.24) is 15.5 Å². The molecule has 0 saturated carbocycles. The van der Waals surface area contributed by atoms with E-state index < -0.39 is 24.1 Å². The molecule has 3 amide bonds. The molecular formula is C24H29N3O6. The lowest BCUT2D eigenvalue weighted by Crippen LogP contribution is -2.52. The van der Waals surface area contributed by atoms with E-state index >= 15 is 0 Å². The Labute approximate surface area is 192 Å². The van der Waals surface area contributed by atoms with Crippen LogP contribution < -0.4 is 24.8 Å². The number of piperidine rings is 1. The molecule has 2 aliphatic heterocycles. The molecule has 2 unspecified atom stereocenters. The van der Waals surface area contributed by atoms with Crippen molar-refractivity contribution in [3.8, 4) is 17.2 Å². The summed E-state index contributed by atoms with van der Waals surface area (Å²) in [5, 5.41) is 15.9. The number of likely N-dealkylation sites (tertiary alicyclic amines) is 1. The first kappa shape index (κ1) is 22.9. The van der Waals surface area contributed by atoms with Crippen molar-refractivity contribution < 1.29 is 28.9 Å². The number of nitrogens with one attached hydrogen (secondary N) is 2. The van der Waals surface area contributed by atoms with Gasteiger partial charge in [0.25, 0.3) is 5.91 Å². The number of carbonyl (C=O) groups is 2. The number of amides is 3. The molecule has 2 aromatic rings. The zero-order valence-electron chi connectivity index (χ0n) is 18.5. The highest BCUT2D eigenvalue weighted by Crippen LogP contribution is 2.31. The van der Waals surface area contributed by atoms with Crippen molar-refractivity contribution in [3.05, 3.63) is 54.1 Å². The highest BCUT2D eigenvalue weighted by Gasteiger charge is 2.30. The van der Waals surface area contributed by atoms with Crippen LogP contribution in [-0.2, 0) is 0 Å². The van der Waals surface area contributed by atoms with Crippen molar-refractivity contribution in [2.45, 2.75) is 31.1 Å². The van der Waals surface area contributed by atoms with Crippen LogP contribution in [0.25, 0.3) is 0 Å². The second kappa shape index (κ2) is 10.5. The fraction of sp³-hybridized carbons (Fsp3) is 0.417. The Morgan fingerprint density at radius 2 is 1.82 bits per heavy atom. The summed E-state index contributed by atoms with van der Waals surface area (Å²) in [6.45, 7) is 2.21. The molecule has 1 fully saturated rings. The van der Waals surface area contributed by atoms with E-state index in [-0.39, 0.29) is 6.04 Å². The molecular weight excluding hydrogens is 426 g/mol. The Bertz CT molecular complexity index is 959. The minimum atomic E-state index is -0.687. The molecule has 0 bridgehead atoms. The predicted octanol–water partition coefficient (Wildman–Crippen LogP) is 1.80. The van der Waals surface area contributed by atoms with Gasteiger partial charge in [-0.1, -0.05) is 12.1 Å². The Kier molecular flexibility index (Phi) is 7.31. The van der Waals surface area contributed by atoms with E-state index in [4.69, 9.17) is 14.2 Å². The minimum Gasteiger partial charge on any atom is -0.497 e. The number of aliphatic hydroxyl groups is 1. The number of nitrogens with zero attached hydrogens (tertiary/aromatic N) is 1. The number of urea groups is 1. The SMILES string of the molecule is COc1ccc(C(=O)NC(=O)NC2CCN(CC(O)C3COc4ccccc4O3)CC2)cc1. The van der Waals surface area contributed by atoms with Crippen LogP contribution in [0, 0.1) is 0 Å². The number of fused-ring (bicyclic) bond motifs is 1. The van der Waals surface area contributed by atoms with Gasteiger partial charge in [-0.3, -0.25) is 10.1 Å². The van der Waals surface area contributed by atoms with Crippen LogP contribution in [0.4, 0.5) is 4.79 Å². The van der Waals surface area contributed by atoms with E-state index in [1.807, 2.05) is 24.3 Å². The summed E-state index contributed by atoms with van der Waals surface area (Å²) in [7, 11) is 1.55. The van der Waals surface area contributed by atoms with Crippen molar-refractivity contribution >= 4 is 11.9 Å². The summed E-state index contributed by atoms with van der Waals surface area (Å²) in [6, 6.07) is 13.4. The second-order valence-electron chi connectivity index (χ2n) is 8.21. The predicted molar refractivity (Wildman–Crippen MR) is 121 cm³/mol. The largest absolute Gasteiger partial charge is 0.497 e. The molecule has 0 radical (unpaired) electrons. The Balaban J connectivity index is 1.18. The smallest absolute Gasteiger partial charge is 0.321 e. The van der Waals surface area contributed by atoms with Gasteiger partial charge < -0.3 is 29.5 Å². The van der Waals surface area contributed by atoms with Crippen LogP contribution in [0.3, 0.4) is 0 Å². The number of hydrogen-bond donors (Lipinski definition) is 3. The number of rotatable bonds is 6. The topological polar surface area (TPSA) is 109 Å². The Morgan fingerprint density at radius 3 is 2.52 bits per heavy atom. The summed E-state index contributed by atoms with van der Waals surface area (Å²) in [5.74, 6) is 1.51. The van der Waals surface area contributed by atoms with Gasteiger partial charge in [-0.25, -0.2) is 4.79 Å². The van der Waals surface area contributed by atoms with Crippen molar-refractivity contribution in [1.29, 1.82) is 0 Å². The lowest BCUT2D eigenvalue weighted by atomic mass is 10.0. The van der Waals surface area contributed by atoms with Crippen LogP contribution in [0.15, 0.2) is 48.5 Å². The van der Waals surface area contributed by atoms with Crippen molar-refractivity contribution in [2.75, 3.05) is 33.4 Å². The molecule has 9 nitrogen and oxygen atoms in total. The first-order valence-electron chi connectivity index (χ1n) is 11.1. The summed E-state index contributed by atoms with van der Waals surface area (Å²) in [6.07, 6.45) is 0.336. The van der Waals surface area contributed by atoms with Gasteiger partial charge in [-0.15, -0.1) is 0 Å². The number of imide groups is 1. The number of benzene rings is 2. The summed E-state index contributed by atoms with van der Waals surface area (Å²) >= 11 is 0. The third-order valence-electron chi connectivity index (χ3n) is 5.91. The van der Waals surface area contributed by atoms with Gasteiger partial charge in [-0.2, -0.15) is 0 Å². The Hall–Kier alpha value is -3.30. The zero-order valence-corrected chi connectivity index (χ0v) is 18.5. The summed E-state index contributed by atoms with van der Waals surface area (Å²) < 4.78 is 16.6. The molecule has 3 N–H and O–H groups in total. The summed E-state index contributed by atoms with van der Waals surface area (Å²) in [4.78, 5) is 26.6. The molecule has 2 aliphatic rings. The first-order valence-corrected chi connectivity index (χ1v) is 11.1. The van der Waals surface area contributed by atoms with Gasteiger partial charge in [0.05, 0.1) is 7.11 Å². The standard InChI is InChI=1S/C24H29N3O6/c1-31-18-8-6-16(7-9-18)23(29)26-24(30)25-17-10-12-27(13-11-17)14-19(28)22-15-32-20-4-2-3-5-21(20)33-22/h2-9,17,19,22,28H,10-15H2,1H3,(H2,25,26,29,30). The molecule has 0 aliphatic carbocycles. The molecule has 33 heavy (non-hydrogen) atoms. The fourth-order valence-corrected chi connectivity index (χ4v) is 4.01. The molecule has 9 heteroatoms. The molecule has 0 aromatic heterocycles. The monoisotopic (exact) mass is 455 g/mol. The highest BCUT2D eigenvalue weighted by atomic mass is 16.6. The van der Waals surface area contributed by atoms with E-state index in [1.54, 1.807) is 31.4 Å². The van der Waals surface area contributed by atoms with E-state index in [0.29, 0.717) is 36.0 Å². The van der Waals surface area contributed by atoms with E-state index in [2.05, 4.69) is 15.5 Å². The summed E-state index contributed by atoms with van der Waals surface area (Å²) in [5.41, 5.74) is 0.381. The number of hydrogen-bond acceptors (Lipinski definition) is 7. The average Bonchev–Trinajstić information content (AvgIpc) is 2.85. The van der Waals surface area contributed by atoms with E-state index in [1.165, 1.54) is 0 Å². The number of β-amino-alcohol motifs (C(OH)–C–C–N with tert-alkyl or cyclic N) is 1. The normalized spacial score (nSPS) is 19.4. The van der Waals surface area contributed by atoms with E-state index in [9.17, 15) is 14.7 Å². The number of aliphatic hydroxyl groups excluding tert-OH is 1. The lowest BCUT2D eigenvalue weighted by molar-refractivity contribution is -0.0282. The lowest BCUT2D eigenvalue weighted by Gasteiger charge is -2.36. The van der Waals surface area contributed by atoms with Gasteiger partial charge in [0, 0.05) is 31.2 Å². The van der Waals surface area contributed by atoms with Gasteiger partial charge in [0.15, 0.2) is 17.6 Å². The molecule has 0 spiro atoms. The number of para-hydroxylation sites is 2. The third kappa shape index (κ3) is 5.94. The number of methoxy groups -OCH3 is 1. The maximum absolute atomic E-state index is 12.2. The highest BCUT2D eigenvalue weighted by molar-refractivity contribution is 6.04. The molecule has 1 saturated heterocycles. The van der Waals surface area contributed by atoms with Gasteiger partial charge in [0.2, 0.25) is 0 Å². The molecule has 2 aromatic carbocycles. The van der Waals surface area contributed by atoms with Crippen LogP contribution in [-0.4, -0.2) is 73.5 Å². The number of ether oxygens (including phenoxy) is 3. The minimum absolute atomic E-state index is 0.0387. The zero-order chi connectivity index (χ0) is 23.2. The van der Waals surface area contributed by atoms with Gasteiger partial charge >= 0.3 is 6.03 Å². The third-order valence-corrected chi connectivity index (χ3v) is 5.91. The van der Waals surface area contributed by atoms with Crippen molar-refractivity contribution in [2.24, 2.45) is 0 Å². The molecule has 176 valence electrons.